The number of amides is 1. The Balaban J connectivity index is 1.75. The quantitative estimate of drug-likeness (QED) is 0.782. The average Bonchev–Trinajstić information content (AvgIpc) is 2.94. The van der Waals surface area contributed by atoms with Gasteiger partial charge in [-0.3, -0.25) is 4.79 Å². The van der Waals surface area contributed by atoms with Crippen LogP contribution in [0.4, 0.5) is 4.39 Å². The summed E-state index contributed by atoms with van der Waals surface area (Å²) in [5.74, 6) is 0.293. The summed E-state index contributed by atoms with van der Waals surface area (Å²) in [4.78, 5) is 12.4. The lowest BCUT2D eigenvalue weighted by Crippen LogP contribution is -2.27. The van der Waals surface area contributed by atoms with Crippen molar-refractivity contribution in [3.63, 3.8) is 0 Å². The minimum Gasteiger partial charge on any atom is -0.496 e. The van der Waals surface area contributed by atoms with Crippen molar-refractivity contribution in [1.82, 2.24) is 9.88 Å². The highest BCUT2D eigenvalue weighted by Gasteiger charge is 2.15. The van der Waals surface area contributed by atoms with E-state index in [9.17, 15) is 9.18 Å². The largest absolute Gasteiger partial charge is 0.496 e. The lowest BCUT2D eigenvalue weighted by Gasteiger charge is -2.07. The standard InChI is InChI=1S/C19H19FN2O2/c1-22-16-8-5-9-18(24-2)14(16)12-17(22)19(23)21-11-10-13-6-3-4-7-15(13)20/h3-9,12H,10-11H2,1-2H3,(H,21,23). The van der Waals surface area contributed by atoms with Gasteiger partial charge in [0, 0.05) is 19.0 Å². The van der Waals surface area contributed by atoms with Gasteiger partial charge < -0.3 is 14.6 Å². The van der Waals surface area contributed by atoms with Gasteiger partial charge in [0.05, 0.1) is 12.6 Å². The average molecular weight is 326 g/mol. The highest BCUT2D eigenvalue weighted by molar-refractivity contribution is 6.00. The van der Waals surface area contributed by atoms with E-state index in [1.807, 2.05) is 35.9 Å². The van der Waals surface area contributed by atoms with Crippen LogP contribution in [0, 0.1) is 5.82 Å². The van der Waals surface area contributed by atoms with E-state index in [-0.39, 0.29) is 11.7 Å². The number of hydrogen-bond acceptors (Lipinski definition) is 2. The predicted octanol–water partition coefficient (Wildman–Crippen LogP) is 3.30. The van der Waals surface area contributed by atoms with Crippen molar-refractivity contribution in [2.75, 3.05) is 13.7 Å². The molecule has 0 aliphatic rings. The first-order valence-electron chi connectivity index (χ1n) is 7.76. The molecule has 0 radical (unpaired) electrons. The lowest BCUT2D eigenvalue weighted by molar-refractivity contribution is 0.0946. The monoisotopic (exact) mass is 326 g/mol. The highest BCUT2D eigenvalue weighted by Crippen LogP contribution is 2.27. The van der Waals surface area contributed by atoms with Gasteiger partial charge in [-0.1, -0.05) is 24.3 Å². The first kappa shape index (κ1) is 16.1. The van der Waals surface area contributed by atoms with Crippen molar-refractivity contribution in [1.29, 1.82) is 0 Å². The number of carbonyl (C=O) groups excluding carboxylic acids is 1. The lowest BCUT2D eigenvalue weighted by atomic mass is 10.1. The molecule has 24 heavy (non-hydrogen) atoms. The molecule has 0 saturated heterocycles. The van der Waals surface area contributed by atoms with E-state index in [1.54, 1.807) is 25.3 Å². The number of methoxy groups -OCH3 is 1. The van der Waals surface area contributed by atoms with Gasteiger partial charge in [0.2, 0.25) is 0 Å². The van der Waals surface area contributed by atoms with E-state index in [0.29, 0.717) is 24.2 Å². The maximum absolute atomic E-state index is 13.6. The zero-order chi connectivity index (χ0) is 17.1. The van der Waals surface area contributed by atoms with Crippen LogP contribution in [0.15, 0.2) is 48.5 Å². The third-order valence-corrected chi connectivity index (χ3v) is 4.14. The molecule has 0 bridgehead atoms. The van der Waals surface area contributed by atoms with Crippen molar-refractivity contribution in [3.8, 4) is 5.75 Å². The molecular formula is C19H19FN2O2. The summed E-state index contributed by atoms with van der Waals surface area (Å²) >= 11 is 0. The number of aromatic nitrogens is 1. The number of hydrogen-bond donors (Lipinski definition) is 1. The number of fused-ring (bicyclic) bond motifs is 1. The molecule has 5 heteroatoms. The van der Waals surface area contributed by atoms with E-state index in [2.05, 4.69) is 5.32 Å². The predicted molar refractivity (Wildman–Crippen MR) is 91.9 cm³/mol. The van der Waals surface area contributed by atoms with Crippen LogP contribution in [-0.4, -0.2) is 24.1 Å². The molecule has 0 unspecified atom stereocenters. The second kappa shape index (κ2) is 6.74. The summed E-state index contributed by atoms with van der Waals surface area (Å²) in [7, 11) is 3.45. The maximum atomic E-state index is 13.6. The highest BCUT2D eigenvalue weighted by atomic mass is 19.1. The number of carbonyl (C=O) groups is 1. The summed E-state index contributed by atoms with van der Waals surface area (Å²) < 4.78 is 20.8. The fourth-order valence-corrected chi connectivity index (χ4v) is 2.83. The number of ether oxygens (including phenoxy) is 1. The number of halogens is 1. The third-order valence-electron chi connectivity index (χ3n) is 4.14. The first-order chi connectivity index (χ1) is 11.6. The van der Waals surface area contributed by atoms with Crippen LogP contribution in [0.1, 0.15) is 16.1 Å². The van der Waals surface area contributed by atoms with Gasteiger partial charge in [0.1, 0.15) is 17.3 Å². The van der Waals surface area contributed by atoms with Crippen LogP contribution in [0.3, 0.4) is 0 Å². The molecule has 1 aromatic heterocycles. The van der Waals surface area contributed by atoms with E-state index in [4.69, 9.17) is 4.74 Å². The maximum Gasteiger partial charge on any atom is 0.267 e. The summed E-state index contributed by atoms with van der Waals surface area (Å²) in [6.07, 6.45) is 0.450. The van der Waals surface area contributed by atoms with E-state index in [0.717, 1.165) is 16.7 Å². The second-order valence-corrected chi connectivity index (χ2v) is 5.58. The van der Waals surface area contributed by atoms with Crippen LogP contribution >= 0.6 is 0 Å². The first-order valence-corrected chi connectivity index (χ1v) is 7.76. The molecule has 4 nitrogen and oxygen atoms in total. The molecule has 0 aliphatic heterocycles. The zero-order valence-corrected chi connectivity index (χ0v) is 13.7. The van der Waals surface area contributed by atoms with Gasteiger partial charge >= 0.3 is 0 Å². The molecule has 124 valence electrons. The Hall–Kier alpha value is -2.82. The van der Waals surface area contributed by atoms with Gasteiger partial charge in [0.15, 0.2) is 0 Å². The van der Waals surface area contributed by atoms with Gasteiger partial charge in [0.25, 0.3) is 5.91 Å². The molecular weight excluding hydrogens is 307 g/mol. The Morgan fingerprint density at radius 3 is 2.75 bits per heavy atom. The Morgan fingerprint density at radius 2 is 2.00 bits per heavy atom. The fourth-order valence-electron chi connectivity index (χ4n) is 2.83. The van der Waals surface area contributed by atoms with Crippen molar-refractivity contribution in [2.24, 2.45) is 7.05 Å². The minimum atomic E-state index is -0.249. The van der Waals surface area contributed by atoms with Crippen LogP contribution in [-0.2, 0) is 13.5 Å². The summed E-state index contributed by atoms with van der Waals surface area (Å²) in [6.45, 7) is 0.373. The summed E-state index contributed by atoms with van der Waals surface area (Å²) in [5, 5.41) is 3.74. The fraction of sp³-hybridized carbons (Fsp3) is 0.211. The smallest absolute Gasteiger partial charge is 0.267 e. The van der Waals surface area contributed by atoms with E-state index >= 15 is 0 Å². The van der Waals surface area contributed by atoms with Crippen LogP contribution < -0.4 is 10.1 Å². The number of nitrogens with one attached hydrogen (secondary N) is 1. The molecule has 0 saturated carbocycles. The van der Waals surface area contributed by atoms with Crippen molar-refractivity contribution >= 4 is 16.8 Å². The SMILES string of the molecule is COc1cccc2c1cc(C(=O)NCCc1ccccc1F)n2C. The van der Waals surface area contributed by atoms with Crippen LogP contribution in [0.5, 0.6) is 5.75 Å². The molecule has 1 N–H and O–H groups in total. The van der Waals surface area contributed by atoms with Crippen LogP contribution in [0.2, 0.25) is 0 Å². The Labute approximate surface area is 139 Å². The molecule has 2 aromatic carbocycles. The molecule has 0 spiro atoms. The second-order valence-electron chi connectivity index (χ2n) is 5.58. The Morgan fingerprint density at radius 1 is 1.21 bits per heavy atom. The molecule has 0 atom stereocenters. The van der Waals surface area contributed by atoms with Gasteiger partial charge in [-0.05, 0) is 36.2 Å². The number of aryl methyl sites for hydroxylation is 1. The normalized spacial score (nSPS) is 10.8. The molecule has 1 heterocycles. The molecule has 0 fully saturated rings. The van der Waals surface area contributed by atoms with Crippen molar-refractivity contribution in [2.45, 2.75) is 6.42 Å². The summed E-state index contributed by atoms with van der Waals surface area (Å²) in [5.41, 5.74) is 2.06. The van der Waals surface area contributed by atoms with Gasteiger partial charge in [-0.2, -0.15) is 0 Å². The van der Waals surface area contributed by atoms with Crippen molar-refractivity contribution < 1.29 is 13.9 Å². The third kappa shape index (κ3) is 2.97. The van der Waals surface area contributed by atoms with E-state index in [1.165, 1.54) is 6.07 Å². The van der Waals surface area contributed by atoms with Crippen LogP contribution in [0.25, 0.3) is 10.9 Å². The van der Waals surface area contributed by atoms with Crippen molar-refractivity contribution in [3.05, 3.63) is 65.6 Å². The van der Waals surface area contributed by atoms with E-state index < -0.39 is 0 Å². The minimum absolute atomic E-state index is 0.188. The number of benzene rings is 2. The summed E-state index contributed by atoms with van der Waals surface area (Å²) in [6, 6.07) is 14.1. The zero-order valence-electron chi connectivity index (χ0n) is 13.7. The Bertz CT molecular complexity index is 886. The number of nitrogens with zero attached hydrogens (tertiary/aromatic N) is 1. The van der Waals surface area contributed by atoms with Gasteiger partial charge in [-0.15, -0.1) is 0 Å². The van der Waals surface area contributed by atoms with Gasteiger partial charge in [-0.25, -0.2) is 4.39 Å². The molecule has 3 aromatic rings. The molecule has 3 rings (SSSR count). The number of rotatable bonds is 5. The molecule has 0 aliphatic carbocycles. The molecule has 1 amide bonds. The topological polar surface area (TPSA) is 43.3 Å². The Kier molecular flexibility index (Phi) is 4.51.